The molecule has 0 aromatic heterocycles. The molecule has 1 heterocycles. The number of carbonyl (C=O) groups is 2. The van der Waals surface area contributed by atoms with Crippen LogP contribution in [0.3, 0.4) is 0 Å². The summed E-state index contributed by atoms with van der Waals surface area (Å²) in [5, 5.41) is 0. The monoisotopic (exact) mass is 195 g/mol. The highest BCUT2D eigenvalue weighted by molar-refractivity contribution is 5.94. The van der Waals surface area contributed by atoms with Crippen LogP contribution in [0.1, 0.15) is 13.3 Å². The fraction of sp³-hybridized carbons (Fsp3) is 0.333. The van der Waals surface area contributed by atoms with E-state index in [1.165, 1.54) is 4.90 Å². The van der Waals surface area contributed by atoms with Crippen LogP contribution in [0.5, 0.6) is 0 Å². The van der Waals surface area contributed by atoms with E-state index in [4.69, 9.17) is 11.5 Å². The maximum Gasteiger partial charge on any atom is 0.319 e. The predicted octanol–water partition coefficient (Wildman–Crippen LogP) is 0.0847. The van der Waals surface area contributed by atoms with Crippen molar-refractivity contribution < 1.29 is 9.59 Å². The molecule has 0 fully saturated rings. The Morgan fingerprint density at radius 1 is 1.50 bits per heavy atom. The number of nitrogens with zero attached hydrogens (tertiary/aromatic N) is 1. The summed E-state index contributed by atoms with van der Waals surface area (Å²) >= 11 is 0. The summed E-state index contributed by atoms with van der Waals surface area (Å²) < 4.78 is 0. The Morgan fingerprint density at radius 2 is 2.14 bits per heavy atom. The van der Waals surface area contributed by atoms with Crippen LogP contribution >= 0.6 is 0 Å². The van der Waals surface area contributed by atoms with Gasteiger partial charge in [-0.25, -0.2) is 4.79 Å². The highest BCUT2D eigenvalue weighted by Gasteiger charge is 2.26. The zero-order chi connectivity index (χ0) is 10.7. The molecule has 0 saturated heterocycles. The molecule has 5 nitrogen and oxygen atoms in total. The maximum atomic E-state index is 11.0. The van der Waals surface area contributed by atoms with Gasteiger partial charge < -0.3 is 11.5 Å². The van der Waals surface area contributed by atoms with E-state index >= 15 is 0 Å². The van der Waals surface area contributed by atoms with Crippen LogP contribution in [0.4, 0.5) is 4.79 Å². The molecule has 5 heteroatoms. The first-order valence-corrected chi connectivity index (χ1v) is 4.33. The van der Waals surface area contributed by atoms with Crippen molar-refractivity contribution in [1.29, 1.82) is 0 Å². The van der Waals surface area contributed by atoms with E-state index in [0.717, 1.165) is 0 Å². The number of hydrogen-bond donors (Lipinski definition) is 2. The average Bonchev–Trinajstić information content (AvgIpc) is 2.16. The highest BCUT2D eigenvalue weighted by Crippen LogP contribution is 2.18. The largest absolute Gasteiger partial charge is 0.366 e. The molecular weight excluding hydrogens is 182 g/mol. The number of urea groups is 1. The third-order valence-electron chi connectivity index (χ3n) is 2.14. The highest BCUT2D eigenvalue weighted by atomic mass is 16.2. The minimum absolute atomic E-state index is 0.338. The van der Waals surface area contributed by atoms with Gasteiger partial charge in [-0.2, -0.15) is 0 Å². The molecule has 0 radical (unpaired) electrons. The SMILES string of the molecule is CCC1C(C(N)=O)=CC=CN1C(N)=O. The standard InChI is InChI=1S/C9H13N3O2/c1-2-7-6(8(10)13)4-3-5-12(7)9(11)14/h3-5,7H,2H2,1H3,(H2,10,13)(H2,11,14). The Labute approximate surface area is 82.0 Å². The van der Waals surface area contributed by atoms with Crippen molar-refractivity contribution in [1.82, 2.24) is 4.90 Å². The Balaban J connectivity index is 2.98. The molecule has 0 aromatic rings. The van der Waals surface area contributed by atoms with Crippen molar-refractivity contribution in [2.75, 3.05) is 0 Å². The van der Waals surface area contributed by atoms with Crippen molar-refractivity contribution in [2.45, 2.75) is 19.4 Å². The number of carbonyl (C=O) groups excluding carboxylic acids is 2. The zero-order valence-corrected chi connectivity index (χ0v) is 7.93. The summed E-state index contributed by atoms with van der Waals surface area (Å²) in [5.41, 5.74) is 10.7. The topological polar surface area (TPSA) is 89.4 Å². The van der Waals surface area contributed by atoms with Crippen LogP contribution in [0.15, 0.2) is 23.9 Å². The van der Waals surface area contributed by atoms with Gasteiger partial charge in [0.05, 0.1) is 6.04 Å². The van der Waals surface area contributed by atoms with Gasteiger partial charge in [0.15, 0.2) is 0 Å². The van der Waals surface area contributed by atoms with E-state index < -0.39 is 11.9 Å². The van der Waals surface area contributed by atoms with Crippen LogP contribution in [0, 0.1) is 0 Å². The maximum absolute atomic E-state index is 11.0. The minimum atomic E-state index is -0.583. The van der Waals surface area contributed by atoms with Crippen LogP contribution < -0.4 is 11.5 Å². The van der Waals surface area contributed by atoms with Crippen molar-refractivity contribution in [3.63, 3.8) is 0 Å². The lowest BCUT2D eigenvalue weighted by Crippen LogP contribution is -2.44. The van der Waals surface area contributed by atoms with Crippen LogP contribution in [-0.2, 0) is 4.79 Å². The van der Waals surface area contributed by atoms with E-state index in [9.17, 15) is 9.59 Å². The summed E-state index contributed by atoms with van der Waals surface area (Å²) in [7, 11) is 0. The molecular formula is C9H13N3O2. The third-order valence-corrected chi connectivity index (χ3v) is 2.14. The van der Waals surface area contributed by atoms with Gasteiger partial charge >= 0.3 is 6.03 Å². The smallest absolute Gasteiger partial charge is 0.319 e. The van der Waals surface area contributed by atoms with Crippen LogP contribution in [0.2, 0.25) is 0 Å². The van der Waals surface area contributed by atoms with E-state index in [2.05, 4.69) is 0 Å². The molecule has 4 N–H and O–H groups in total. The van der Waals surface area contributed by atoms with Crippen molar-refractivity contribution >= 4 is 11.9 Å². The number of rotatable bonds is 2. The molecule has 1 aliphatic rings. The fourth-order valence-corrected chi connectivity index (χ4v) is 1.49. The van der Waals surface area contributed by atoms with E-state index in [1.54, 1.807) is 18.4 Å². The van der Waals surface area contributed by atoms with Gasteiger partial charge in [-0.1, -0.05) is 6.92 Å². The van der Waals surface area contributed by atoms with Gasteiger partial charge in [-0.15, -0.1) is 0 Å². The Bertz CT molecular complexity index is 320. The van der Waals surface area contributed by atoms with Crippen molar-refractivity contribution in [3.8, 4) is 0 Å². The van der Waals surface area contributed by atoms with Gasteiger partial charge in [-0.3, -0.25) is 9.69 Å². The normalized spacial score (nSPS) is 20.5. The number of allylic oxidation sites excluding steroid dienone is 2. The Morgan fingerprint density at radius 3 is 2.57 bits per heavy atom. The molecule has 1 aliphatic heterocycles. The van der Waals surface area contributed by atoms with Crippen molar-refractivity contribution in [3.05, 3.63) is 23.9 Å². The van der Waals surface area contributed by atoms with Gasteiger partial charge in [0, 0.05) is 11.8 Å². The summed E-state index contributed by atoms with van der Waals surface area (Å²) in [6.45, 7) is 1.86. The lowest BCUT2D eigenvalue weighted by atomic mass is 10.00. The van der Waals surface area contributed by atoms with Crippen molar-refractivity contribution in [2.24, 2.45) is 11.5 Å². The average molecular weight is 195 g/mol. The molecule has 1 unspecified atom stereocenters. The number of hydrogen-bond acceptors (Lipinski definition) is 2. The van der Waals surface area contributed by atoms with Crippen LogP contribution in [0.25, 0.3) is 0 Å². The quantitative estimate of drug-likeness (QED) is 0.653. The molecule has 0 bridgehead atoms. The molecule has 14 heavy (non-hydrogen) atoms. The van der Waals surface area contributed by atoms with Gasteiger partial charge in [0.1, 0.15) is 0 Å². The number of nitrogens with two attached hydrogens (primary N) is 2. The fourth-order valence-electron chi connectivity index (χ4n) is 1.49. The summed E-state index contributed by atoms with van der Waals surface area (Å²) in [6.07, 6.45) is 5.33. The molecule has 1 rings (SSSR count). The third kappa shape index (κ3) is 1.76. The van der Waals surface area contributed by atoms with E-state index in [1.807, 2.05) is 6.92 Å². The summed E-state index contributed by atoms with van der Waals surface area (Å²) in [4.78, 5) is 23.3. The number of amides is 3. The summed E-state index contributed by atoms with van der Waals surface area (Å²) in [5.74, 6) is -0.521. The molecule has 76 valence electrons. The second kappa shape index (κ2) is 3.95. The molecule has 0 spiro atoms. The zero-order valence-electron chi connectivity index (χ0n) is 7.93. The molecule has 3 amide bonds. The molecule has 0 saturated carbocycles. The summed E-state index contributed by atoms with van der Waals surface area (Å²) in [6, 6.07) is -0.921. The first-order chi connectivity index (χ1) is 6.57. The predicted molar refractivity (Wildman–Crippen MR) is 51.9 cm³/mol. The molecule has 0 aromatic carbocycles. The second-order valence-electron chi connectivity index (χ2n) is 3.00. The first-order valence-electron chi connectivity index (χ1n) is 4.33. The molecule has 1 atom stereocenters. The van der Waals surface area contributed by atoms with Gasteiger partial charge in [-0.05, 0) is 18.6 Å². The van der Waals surface area contributed by atoms with Gasteiger partial charge in [0.25, 0.3) is 0 Å². The Hall–Kier alpha value is -1.78. The van der Waals surface area contributed by atoms with E-state index in [0.29, 0.717) is 12.0 Å². The minimum Gasteiger partial charge on any atom is -0.366 e. The molecule has 0 aliphatic carbocycles. The Kier molecular flexibility index (Phi) is 2.91. The second-order valence-corrected chi connectivity index (χ2v) is 3.00. The van der Waals surface area contributed by atoms with Crippen LogP contribution in [-0.4, -0.2) is 22.9 Å². The lowest BCUT2D eigenvalue weighted by Gasteiger charge is -2.29. The van der Waals surface area contributed by atoms with Gasteiger partial charge in [0.2, 0.25) is 5.91 Å². The lowest BCUT2D eigenvalue weighted by molar-refractivity contribution is -0.115. The first kappa shape index (κ1) is 10.3. The van der Waals surface area contributed by atoms with E-state index in [-0.39, 0.29) is 6.04 Å². The number of primary amides is 2.